The summed E-state index contributed by atoms with van der Waals surface area (Å²) in [6.45, 7) is 1.74. The molecule has 0 aliphatic rings. The third-order valence-corrected chi connectivity index (χ3v) is 3.68. The topological polar surface area (TPSA) is 92.2 Å². The predicted octanol–water partition coefficient (Wildman–Crippen LogP) is 1.82. The number of carbonyl (C=O) groups excluding carboxylic acids is 1. The highest BCUT2D eigenvalue weighted by atomic mass is 35.5. The fourth-order valence-corrected chi connectivity index (χ4v) is 2.43. The van der Waals surface area contributed by atoms with Crippen LogP contribution in [0.1, 0.15) is 21.9 Å². The number of hydrogen-bond donors (Lipinski definition) is 0. The van der Waals surface area contributed by atoms with Gasteiger partial charge >= 0.3 is 11.7 Å². The molecule has 1 aromatic carbocycles. The Morgan fingerprint density at radius 2 is 2.08 bits per heavy atom. The number of hydrogen-bond acceptors (Lipinski definition) is 6. The number of carbonyl (C=O) groups is 1. The molecule has 0 radical (unpaired) electrons. The van der Waals surface area contributed by atoms with Crippen molar-refractivity contribution in [3.8, 4) is 5.69 Å². The molecule has 0 spiro atoms. The first-order valence-corrected chi connectivity index (χ1v) is 7.34. The smallest absolute Gasteiger partial charge is 0.374 e. The number of halogens is 1. The standard InChI is InChI=1S/C15H13ClN4O4/c1-9-7-10(24-13(9)14(21)23-2)8-19-15(22)20(18-17-19)12-6-4-3-5-11(12)16/h3-7H,8H2,1-2H3. The summed E-state index contributed by atoms with van der Waals surface area (Å²) in [5.41, 5.74) is 0.571. The maximum Gasteiger partial charge on any atom is 0.374 e. The van der Waals surface area contributed by atoms with Gasteiger partial charge in [0.15, 0.2) is 0 Å². The molecule has 0 amide bonds. The number of para-hydroxylation sites is 1. The number of aromatic nitrogens is 4. The van der Waals surface area contributed by atoms with Gasteiger partial charge in [0.05, 0.1) is 17.8 Å². The van der Waals surface area contributed by atoms with Gasteiger partial charge in [-0.15, -0.1) is 0 Å². The van der Waals surface area contributed by atoms with Crippen LogP contribution in [0.3, 0.4) is 0 Å². The summed E-state index contributed by atoms with van der Waals surface area (Å²) >= 11 is 6.07. The second-order valence-corrected chi connectivity index (χ2v) is 5.41. The zero-order chi connectivity index (χ0) is 17.3. The van der Waals surface area contributed by atoms with E-state index < -0.39 is 11.7 Å². The van der Waals surface area contributed by atoms with Crippen LogP contribution in [0.2, 0.25) is 5.02 Å². The zero-order valence-corrected chi connectivity index (χ0v) is 13.6. The average Bonchev–Trinajstić information content (AvgIpc) is 3.11. The molecule has 0 fully saturated rings. The van der Waals surface area contributed by atoms with Crippen LogP contribution in [-0.4, -0.2) is 32.9 Å². The first-order chi connectivity index (χ1) is 11.5. The molecule has 0 aliphatic carbocycles. The molecule has 2 aromatic heterocycles. The summed E-state index contributed by atoms with van der Waals surface area (Å²) in [6.07, 6.45) is 0. The van der Waals surface area contributed by atoms with Gasteiger partial charge in [-0.25, -0.2) is 9.59 Å². The number of benzene rings is 1. The van der Waals surface area contributed by atoms with Crippen molar-refractivity contribution < 1.29 is 13.9 Å². The van der Waals surface area contributed by atoms with E-state index >= 15 is 0 Å². The van der Waals surface area contributed by atoms with E-state index in [0.717, 1.165) is 9.36 Å². The maximum absolute atomic E-state index is 12.4. The van der Waals surface area contributed by atoms with Gasteiger partial charge in [-0.05, 0) is 35.5 Å². The number of methoxy groups -OCH3 is 1. The largest absolute Gasteiger partial charge is 0.463 e. The summed E-state index contributed by atoms with van der Waals surface area (Å²) < 4.78 is 12.3. The lowest BCUT2D eigenvalue weighted by molar-refractivity contribution is 0.0561. The van der Waals surface area contributed by atoms with Crippen LogP contribution in [0.4, 0.5) is 0 Å². The third-order valence-electron chi connectivity index (χ3n) is 3.37. The monoisotopic (exact) mass is 348 g/mol. The minimum atomic E-state index is -0.578. The first kappa shape index (κ1) is 16.0. The lowest BCUT2D eigenvalue weighted by Crippen LogP contribution is -2.24. The quantitative estimate of drug-likeness (QED) is 0.668. The van der Waals surface area contributed by atoms with Crippen molar-refractivity contribution in [2.24, 2.45) is 0 Å². The summed E-state index contributed by atoms with van der Waals surface area (Å²) in [6, 6.07) is 8.45. The molecule has 0 saturated heterocycles. The highest BCUT2D eigenvalue weighted by Gasteiger charge is 2.18. The number of rotatable bonds is 4. The van der Waals surface area contributed by atoms with Crippen LogP contribution >= 0.6 is 11.6 Å². The van der Waals surface area contributed by atoms with E-state index in [9.17, 15) is 9.59 Å². The number of tetrazole rings is 1. The Morgan fingerprint density at radius 3 is 2.79 bits per heavy atom. The number of ether oxygens (including phenoxy) is 1. The number of esters is 1. The zero-order valence-electron chi connectivity index (χ0n) is 12.9. The van der Waals surface area contributed by atoms with Gasteiger partial charge in [-0.1, -0.05) is 23.7 Å². The molecule has 8 nitrogen and oxygen atoms in total. The molecule has 0 saturated carbocycles. The Bertz CT molecular complexity index is 957. The summed E-state index contributed by atoms with van der Waals surface area (Å²) in [5.74, 6) is -0.0916. The number of aryl methyl sites for hydroxylation is 1. The van der Waals surface area contributed by atoms with E-state index in [0.29, 0.717) is 22.0 Å². The van der Waals surface area contributed by atoms with E-state index in [1.165, 1.54) is 7.11 Å². The molecular weight excluding hydrogens is 336 g/mol. The van der Waals surface area contributed by atoms with Crippen LogP contribution in [0.15, 0.2) is 39.5 Å². The second kappa shape index (κ2) is 6.32. The van der Waals surface area contributed by atoms with Gasteiger partial charge in [-0.2, -0.15) is 9.36 Å². The molecule has 0 atom stereocenters. The molecular formula is C15H13ClN4O4. The Balaban J connectivity index is 1.92. The third kappa shape index (κ3) is 2.83. The Hall–Kier alpha value is -2.87. The van der Waals surface area contributed by atoms with Gasteiger partial charge in [0.1, 0.15) is 12.3 Å². The minimum Gasteiger partial charge on any atom is -0.463 e. The minimum absolute atomic E-state index is 0.0289. The van der Waals surface area contributed by atoms with E-state index in [4.69, 9.17) is 16.0 Å². The van der Waals surface area contributed by atoms with Crippen LogP contribution < -0.4 is 5.69 Å². The van der Waals surface area contributed by atoms with Crippen LogP contribution in [0.25, 0.3) is 5.69 Å². The normalized spacial score (nSPS) is 10.8. The molecule has 3 rings (SSSR count). The molecule has 0 bridgehead atoms. The lowest BCUT2D eigenvalue weighted by Gasteiger charge is -2.00. The molecule has 0 unspecified atom stereocenters. The molecule has 124 valence electrons. The van der Waals surface area contributed by atoms with E-state index in [-0.39, 0.29) is 12.3 Å². The average molecular weight is 349 g/mol. The summed E-state index contributed by atoms with van der Waals surface area (Å²) in [7, 11) is 1.27. The van der Waals surface area contributed by atoms with Crippen molar-refractivity contribution in [3.05, 3.63) is 62.9 Å². The molecule has 3 aromatic rings. The maximum atomic E-state index is 12.4. The van der Waals surface area contributed by atoms with Crippen LogP contribution in [0.5, 0.6) is 0 Å². The number of furan rings is 1. The Labute approximate surface area is 141 Å². The van der Waals surface area contributed by atoms with Crippen molar-refractivity contribution in [2.75, 3.05) is 7.11 Å². The molecule has 2 heterocycles. The molecule has 24 heavy (non-hydrogen) atoms. The highest BCUT2D eigenvalue weighted by molar-refractivity contribution is 6.32. The predicted molar refractivity (Wildman–Crippen MR) is 84.5 cm³/mol. The van der Waals surface area contributed by atoms with Crippen molar-refractivity contribution >= 4 is 17.6 Å². The number of nitrogens with zero attached hydrogens (tertiary/aromatic N) is 4. The fourth-order valence-electron chi connectivity index (χ4n) is 2.22. The van der Waals surface area contributed by atoms with Gasteiger partial charge < -0.3 is 9.15 Å². The van der Waals surface area contributed by atoms with E-state index in [2.05, 4.69) is 15.2 Å². The highest BCUT2D eigenvalue weighted by Crippen LogP contribution is 2.18. The van der Waals surface area contributed by atoms with Gasteiger partial charge in [-0.3, -0.25) is 0 Å². The van der Waals surface area contributed by atoms with Gasteiger partial charge in [0, 0.05) is 5.56 Å². The molecule has 9 heteroatoms. The summed E-state index contributed by atoms with van der Waals surface area (Å²) in [4.78, 5) is 24.0. The van der Waals surface area contributed by atoms with Crippen molar-refractivity contribution in [1.82, 2.24) is 19.8 Å². The Morgan fingerprint density at radius 1 is 1.33 bits per heavy atom. The van der Waals surface area contributed by atoms with E-state index in [1.807, 2.05) is 0 Å². The van der Waals surface area contributed by atoms with E-state index in [1.54, 1.807) is 37.3 Å². The Kier molecular flexibility index (Phi) is 4.22. The second-order valence-electron chi connectivity index (χ2n) is 5.00. The van der Waals surface area contributed by atoms with Gasteiger partial charge in [0.2, 0.25) is 5.76 Å². The summed E-state index contributed by atoms with van der Waals surface area (Å²) in [5, 5.41) is 8.02. The van der Waals surface area contributed by atoms with Gasteiger partial charge in [0.25, 0.3) is 0 Å². The van der Waals surface area contributed by atoms with Crippen LogP contribution in [0, 0.1) is 6.92 Å². The van der Waals surface area contributed by atoms with Crippen molar-refractivity contribution in [3.63, 3.8) is 0 Å². The fraction of sp³-hybridized carbons (Fsp3) is 0.200. The molecule has 0 N–H and O–H groups in total. The van der Waals surface area contributed by atoms with Crippen molar-refractivity contribution in [1.29, 1.82) is 0 Å². The lowest BCUT2D eigenvalue weighted by atomic mass is 10.2. The first-order valence-electron chi connectivity index (χ1n) is 6.96. The molecule has 0 aliphatic heterocycles. The SMILES string of the molecule is COC(=O)c1oc(Cn2nnn(-c3ccccc3Cl)c2=O)cc1C. The van der Waals surface area contributed by atoms with Crippen LogP contribution in [-0.2, 0) is 11.3 Å². The van der Waals surface area contributed by atoms with Crippen molar-refractivity contribution in [2.45, 2.75) is 13.5 Å².